The predicted molar refractivity (Wildman–Crippen MR) is 39.1 cm³/mol. The van der Waals surface area contributed by atoms with E-state index in [1.165, 1.54) is 0 Å². The molecule has 0 radical (unpaired) electrons. The summed E-state index contributed by atoms with van der Waals surface area (Å²) in [5.41, 5.74) is 0. The summed E-state index contributed by atoms with van der Waals surface area (Å²) < 4.78 is 49.4. The van der Waals surface area contributed by atoms with E-state index in [-0.39, 0.29) is 12.8 Å². The number of hydrogen-bond acceptors (Lipinski definition) is 2. The highest BCUT2D eigenvalue weighted by atomic mass is 19.4. The molecular formula is C7H9F4NO2. The van der Waals surface area contributed by atoms with Gasteiger partial charge in [0.15, 0.2) is 0 Å². The summed E-state index contributed by atoms with van der Waals surface area (Å²) in [6.45, 7) is 0. The largest absolute Gasteiger partial charge is 0.398 e. The molecule has 1 rings (SSSR count). The van der Waals surface area contributed by atoms with E-state index in [1.54, 1.807) is 0 Å². The second-order valence-corrected chi connectivity index (χ2v) is 3.41. The summed E-state index contributed by atoms with van der Waals surface area (Å²) in [4.78, 5) is 9.35. The fourth-order valence-corrected chi connectivity index (χ4v) is 1.71. The number of rotatable bonds is 1. The lowest BCUT2D eigenvalue weighted by Gasteiger charge is -2.28. The minimum Gasteiger partial charge on any atom is -0.264 e. The van der Waals surface area contributed by atoms with Crippen molar-refractivity contribution in [3.05, 3.63) is 10.1 Å². The molecule has 3 unspecified atom stereocenters. The van der Waals surface area contributed by atoms with Gasteiger partial charge in [0.2, 0.25) is 6.04 Å². The molecule has 0 heterocycles. The second-order valence-electron chi connectivity index (χ2n) is 3.41. The lowest BCUT2D eigenvalue weighted by molar-refractivity contribution is -0.546. The Balaban J connectivity index is 2.79. The maximum absolute atomic E-state index is 12.7. The molecule has 0 saturated heterocycles. The molecule has 1 aliphatic carbocycles. The Labute approximate surface area is 77.2 Å². The van der Waals surface area contributed by atoms with Crippen molar-refractivity contribution < 1.29 is 22.5 Å². The molecule has 0 aliphatic heterocycles. The molecule has 82 valence electrons. The molecule has 0 N–H and O–H groups in total. The van der Waals surface area contributed by atoms with Gasteiger partial charge < -0.3 is 0 Å². The Morgan fingerprint density at radius 3 is 2.29 bits per heavy atom. The molecule has 0 amide bonds. The smallest absolute Gasteiger partial charge is 0.264 e. The molecule has 3 atom stereocenters. The van der Waals surface area contributed by atoms with Gasteiger partial charge >= 0.3 is 6.18 Å². The molecule has 7 heteroatoms. The average Bonchev–Trinajstić information content (AvgIpc) is 2.01. The Bertz CT molecular complexity index is 230. The molecule has 0 bridgehead atoms. The molecule has 3 nitrogen and oxygen atoms in total. The van der Waals surface area contributed by atoms with Crippen LogP contribution in [0.15, 0.2) is 0 Å². The summed E-state index contributed by atoms with van der Waals surface area (Å²) in [6.07, 6.45) is -7.52. The standard InChI is InChI=1S/C7H9F4NO2/c8-4-1-2-6(12(13)14)5(3-4)7(9,10)11/h4-6H,1-3H2. The zero-order chi connectivity index (χ0) is 10.9. The first kappa shape index (κ1) is 11.2. The molecule has 0 aromatic carbocycles. The van der Waals surface area contributed by atoms with Gasteiger partial charge in [-0.25, -0.2) is 4.39 Å². The van der Waals surface area contributed by atoms with Crippen LogP contribution in [0.2, 0.25) is 0 Å². The summed E-state index contributed by atoms with van der Waals surface area (Å²) in [7, 11) is 0. The Morgan fingerprint density at radius 1 is 1.29 bits per heavy atom. The van der Waals surface area contributed by atoms with Crippen molar-refractivity contribution in [1.82, 2.24) is 0 Å². The first-order chi connectivity index (χ1) is 6.32. The topological polar surface area (TPSA) is 43.1 Å². The molecular weight excluding hydrogens is 206 g/mol. The number of hydrogen-bond donors (Lipinski definition) is 0. The van der Waals surface area contributed by atoms with Gasteiger partial charge in [0.1, 0.15) is 12.1 Å². The van der Waals surface area contributed by atoms with Gasteiger partial charge in [-0.3, -0.25) is 10.1 Å². The van der Waals surface area contributed by atoms with E-state index in [2.05, 4.69) is 0 Å². The van der Waals surface area contributed by atoms with Crippen LogP contribution in [0.4, 0.5) is 17.6 Å². The maximum atomic E-state index is 12.7. The third-order valence-electron chi connectivity index (χ3n) is 2.44. The van der Waals surface area contributed by atoms with Crippen molar-refractivity contribution in [2.75, 3.05) is 0 Å². The second kappa shape index (κ2) is 3.70. The highest BCUT2D eigenvalue weighted by Gasteiger charge is 2.53. The van der Waals surface area contributed by atoms with Crippen molar-refractivity contribution in [3.63, 3.8) is 0 Å². The quantitative estimate of drug-likeness (QED) is 0.382. The van der Waals surface area contributed by atoms with Crippen LogP contribution in [0.3, 0.4) is 0 Å². The van der Waals surface area contributed by atoms with Crippen LogP contribution in [0.5, 0.6) is 0 Å². The monoisotopic (exact) mass is 215 g/mol. The van der Waals surface area contributed by atoms with Gasteiger partial charge in [-0.2, -0.15) is 13.2 Å². The van der Waals surface area contributed by atoms with Gasteiger partial charge in [0.05, 0.1) is 0 Å². The summed E-state index contributed by atoms with van der Waals surface area (Å²) >= 11 is 0. The van der Waals surface area contributed by atoms with Gasteiger partial charge in [-0.05, 0) is 12.8 Å². The maximum Gasteiger partial charge on any atom is 0.398 e. The van der Waals surface area contributed by atoms with E-state index in [1.807, 2.05) is 0 Å². The van der Waals surface area contributed by atoms with Crippen molar-refractivity contribution in [3.8, 4) is 0 Å². The Hall–Kier alpha value is -0.880. The van der Waals surface area contributed by atoms with Gasteiger partial charge in [-0.15, -0.1) is 0 Å². The predicted octanol–water partition coefficient (Wildman–Crippen LogP) is 2.33. The minimum absolute atomic E-state index is 0.155. The van der Waals surface area contributed by atoms with E-state index < -0.39 is 35.7 Å². The van der Waals surface area contributed by atoms with Crippen molar-refractivity contribution in [2.45, 2.75) is 37.7 Å². The van der Waals surface area contributed by atoms with Crippen LogP contribution in [0, 0.1) is 16.0 Å². The van der Waals surface area contributed by atoms with E-state index in [0.717, 1.165) is 0 Å². The highest BCUT2D eigenvalue weighted by Crippen LogP contribution is 2.39. The van der Waals surface area contributed by atoms with Crippen LogP contribution in [0.25, 0.3) is 0 Å². The summed E-state index contributed by atoms with van der Waals surface area (Å²) in [5.74, 6) is -2.14. The van der Waals surface area contributed by atoms with Crippen molar-refractivity contribution in [1.29, 1.82) is 0 Å². The van der Waals surface area contributed by atoms with E-state index in [0.29, 0.717) is 0 Å². The molecule has 0 aromatic rings. The van der Waals surface area contributed by atoms with Gasteiger partial charge in [-0.1, -0.05) is 0 Å². The number of nitro groups is 1. The fourth-order valence-electron chi connectivity index (χ4n) is 1.71. The minimum atomic E-state index is -4.68. The SMILES string of the molecule is O=[N+]([O-])C1CCC(F)CC1C(F)(F)F. The molecule has 1 aliphatic rings. The summed E-state index contributed by atoms with van der Waals surface area (Å²) in [6, 6.07) is -1.68. The summed E-state index contributed by atoms with van der Waals surface area (Å²) in [5, 5.41) is 10.3. The zero-order valence-corrected chi connectivity index (χ0v) is 7.13. The van der Waals surface area contributed by atoms with Crippen molar-refractivity contribution >= 4 is 0 Å². The van der Waals surface area contributed by atoms with Crippen LogP contribution in [-0.2, 0) is 0 Å². The van der Waals surface area contributed by atoms with Crippen molar-refractivity contribution in [2.24, 2.45) is 5.92 Å². The normalized spacial score (nSPS) is 34.1. The average molecular weight is 215 g/mol. The molecule has 14 heavy (non-hydrogen) atoms. The number of halogens is 4. The van der Waals surface area contributed by atoms with Crippen LogP contribution in [0.1, 0.15) is 19.3 Å². The van der Waals surface area contributed by atoms with Gasteiger partial charge in [0.25, 0.3) is 0 Å². The molecule has 1 fully saturated rings. The third kappa shape index (κ3) is 2.33. The van der Waals surface area contributed by atoms with Crippen LogP contribution < -0.4 is 0 Å². The first-order valence-corrected chi connectivity index (χ1v) is 4.16. The molecule has 0 aromatic heterocycles. The van der Waals surface area contributed by atoms with Crippen LogP contribution >= 0.6 is 0 Å². The number of alkyl halides is 4. The third-order valence-corrected chi connectivity index (χ3v) is 2.44. The molecule has 1 saturated carbocycles. The number of nitrogens with zero attached hydrogens (tertiary/aromatic N) is 1. The van der Waals surface area contributed by atoms with E-state index in [4.69, 9.17) is 0 Å². The lowest BCUT2D eigenvalue weighted by atomic mass is 9.83. The zero-order valence-electron chi connectivity index (χ0n) is 7.13. The Kier molecular flexibility index (Phi) is 2.96. The Morgan fingerprint density at radius 2 is 1.86 bits per heavy atom. The highest BCUT2D eigenvalue weighted by molar-refractivity contribution is 4.84. The van der Waals surface area contributed by atoms with E-state index in [9.17, 15) is 27.7 Å². The van der Waals surface area contributed by atoms with Gasteiger partial charge in [0, 0.05) is 11.3 Å². The molecule has 0 spiro atoms. The fraction of sp³-hybridized carbons (Fsp3) is 1.00. The van der Waals surface area contributed by atoms with E-state index >= 15 is 0 Å². The lowest BCUT2D eigenvalue weighted by Crippen LogP contribution is -2.44. The van der Waals surface area contributed by atoms with Crippen LogP contribution in [-0.4, -0.2) is 23.3 Å². The first-order valence-electron chi connectivity index (χ1n) is 4.16.